The van der Waals surface area contributed by atoms with E-state index in [9.17, 15) is 9.59 Å². The molecule has 0 saturated carbocycles. The van der Waals surface area contributed by atoms with Crippen molar-refractivity contribution >= 4 is 11.8 Å². The molecule has 2 amide bonds. The summed E-state index contributed by atoms with van der Waals surface area (Å²) in [6.45, 7) is 0. The lowest BCUT2D eigenvalue weighted by Crippen LogP contribution is -2.33. The summed E-state index contributed by atoms with van der Waals surface area (Å²) in [7, 11) is 0. The average molecular weight is 229 g/mol. The highest BCUT2D eigenvalue weighted by atomic mass is 16.7. The van der Waals surface area contributed by atoms with Crippen molar-refractivity contribution in [1.82, 2.24) is 5.06 Å². The lowest BCUT2D eigenvalue weighted by molar-refractivity contribution is -0.127. The van der Waals surface area contributed by atoms with E-state index in [0.717, 1.165) is 17.9 Å². The topological polar surface area (TPSA) is 46.6 Å². The van der Waals surface area contributed by atoms with E-state index in [4.69, 9.17) is 4.84 Å². The standard InChI is InChI=1S/C13H11NO3/c15-12-10-7-3-4-8-11(10)13(16)14(12)17-9-5-1-2-6-9/h1-4,7-9H,5-6H2. The molecule has 2 aliphatic rings. The minimum Gasteiger partial charge on any atom is -0.266 e. The van der Waals surface area contributed by atoms with Crippen LogP contribution in [0.2, 0.25) is 0 Å². The Morgan fingerprint density at radius 2 is 1.53 bits per heavy atom. The van der Waals surface area contributed by atoms with E-state index in [0.29, 0.717) is 11.1 Å². The van der Waals surface area contributed by atoms with Gasteiger partial charge in [0.1, 0.15) is 0 Å². The van der Waals surface area contributed by atoms with Crippen molar-refractivity contribution in [2.45, 2.75) is 18.9 Å². The number of benzene rings is 1. The van der Waals surface area contributed by atoms with Crippen LogP contribution >= 0.6 is 0 Å². The first kappa shape index (κ1) is 10.2. The molecule has 0 radical (unpaired) electrons. The third-order valence-electron chi connectivity index (χ3n) is 2.98. The lowest BCUT2D eigenvalue weighted by atomic mass is 10.1. The summed E-state index contributed by atoms with van der Waals surface area (Å²) in [5, 5.41) is 0.891. The van der Waals surface area contributed by atoms with Gasteiger partial charge in [0.05, 0.1) is 17.2 Å². The van der Waals surface area contributed by atoms with E-state index in [1.807, 2.05) is 12.2 Å². The lowest BCUT2D eigenvalue weighted by Gasteiger charge is -2.18. The first-order valence-corrected chi connectivity index (χ1v) is 5.57. The Hall–Kier alpha value is -1.94. The van der Waals surface area contributed by atoms with Crippen LogP contribution in [0.4, 0.5) is 0 Å². The van der Waals surface area contributed by atoms with Gasteiger partial charge >= 0.3 is 0 Å². The summed E-state index contributed by atoms with van der Waals surface area (Å²) < 4.78 is 0. The molecule has 0 spiro atoms. The fraction of sp³-hybridized carbons (Fsp3) is 0.231. The normalized spacial score (nSPS) is 19.2. The molecule has 17 heavy (non-hydrogen) atoms. The van der Waals surface area contributed by atoms with Gasteiger partial charge in [0.15, 0.2) is 0 Å². The Bertz CT molecular complexity index is 478. The van der Waals surface area contributed by atoms with Gasteiger partial charge in [-0.1, -0.05) is 24.3 Å². The highest BCUT2D eigenvalue weighted by Crippen LogP contribution is 2.25. The summed E-state index contributed by atoms with van der Waals surface area (Å²) in [5.74, 6) is -0.727. The largest absolute Gasteiger partial charge is 0.285 e. The molecule has 1 aromatic carbocycles. The molecule has 0 atom stereocenters. The molecule has 86 valence electrons. The van der Waals surface area contributed by atoms with E-state index in [2.05, 4.69) is 0 Å². The number of rotatable bonds is 2. The Morgan fingerprint density at radius 3 is 2.06 bits per heavy atom. The monoisotopic (exact) mass is 229 g/mol. The molecule has 1 aliphatic carbocycles. The highest BCUT2D eigenvalue weighted by molar-refractivity contribution is 6.20. The maximum Gasteiger partial charge on any atom is 0.285 e. The van der Waals surface area contributed by atoms with Crippen LogP contribution in [0.5, 0.6) is 0 Å². The van der Waals surface area contributed by atoms with E-state index < -0.39 is 0 Å². The van der Waals surface area contributed by atoms with E-state index in [-0.39, 0.29) is 17.9 Å². The number of fused-ring (bicyclic) bond motifs is 1. The third-order valence-corrected chi connectivity index (χ3v) is 2.98. The minimum atomic E-state index is -0.363. The molecule has 1 heterocycles. The highest BCUT2D eigenvalue weighted by Gasteiger charge is 2.37. The third kappa shape index (κ3) is 1.57. The van der Waals surface area contributed by atoms with Crippen molar-refractivity contribution in [2.75, 3.05) is 0 Å². The maximum atomic E-state index is 12.0. The summed E-state index contributed by atoms with van der Waals surface area (Å²) in [6, 6.07) is 6.77. The molecule has 4 heteroatoms. The molecular weight excluding hydrogens is 218 g/mol. The van der Waals surface area contributed by atoms with Gasteiger partial charge in [-0.2, -0.15) is 0 Å². The second-order valence-corrected chi connectivity index (χ2v) is 4.12. The van der Waals surface area contributed by atoms with Crippen LogP contribution in [0.25, 0.3) is 0 Å². The van der Waals surface area contributed by atoms with Crippen LogP contribution in [-0.4, -0.2) is 23.0 Å². The molecule has 0 N–H and O–H groups in total. The van der Waals surface area contributed by atoms with E-state index in [1.54, 1.807) is 24.3 Å². The fourth-order valence-corrected chi connectivity index (χ4v) is 2.09. The first-order chi connectivity index (χ1) is 8.27. The van der Waals surface area contributed by atoms with Crippen molar-refractivity contribution < 1.29 is 14.4 Å². The predicted octanol–water partition coefficient (Wildman–Crippen LogP) is 1.93. The van der Waals surface area contributed by atoms with Gasteiger partial charge in [0.25, 0.3) is 11.8 Å². The second-order valence-electron chi connectivity index (χ2n) is 4.12. The van der Waals surface area contributed by atoms with Crippen LogP contribution in [0.1, 0.15) is 33.6 Å². The van der Waals surface area contributed by atoms with Gasteiger partial charge in [-0.05, 0) is 25.0 Å². The Labute approximate surface area is 98.4 Å². The quantitative estimate of drug-likeness (QED) is 0.575. The minimum absolute atomic E-state index is 0.0998. The second kappa shape index (κ2) is 3.82. The Kier molecular flexibility index (Phi) is 2.30. The molecule has 1 aromatic rings. The predicted molar refractivity (Wildman–Crippen MR) is 60.2 cm³/mol. The molecule has 0 bridgehead atoms. The summed E-state index contributed by atoms with van der Waals surface area (Å²) in [5.41, 5.74) is 0.840. The molecule has 0 aromatic heterocycles. The van der Waals surface area contributed by atoms with Gasteiger partial charge in [0, 0.05) is 0 Å². The Balaban J connectivity index is 1.85. The average Bonchev–Trinajstić information content (AvgIpc) is 2.94. The molecule has 0 fully saturated rings. The summed E-state index contributed by atoms with van der Waals surface area (Å²) >= 11 is 0. The summed E-state index contributed by atoms with van der Waals surface area (Å²) in [6.07, 6.45) is 5.36. The van der Waals surface area contributed by atoms with E-state index >= 15 is 0 Å². The number of carbonyl (C=O) groups is 2. The van der Waals surface area contributed by atoms with Gasteiger partial charge in [-0.3, -0.25) is 14.4 Å². The SMILES string of the molecule is O=C1c2ccccc2C(=O)N1OC1CC=CC1. The molecule has 1 aliphatic heterocycles. The van der Waals surface area contributed by atoms with Crippen molar-refractivity contribution in [1.29, 1.82) is 0 Å². The number of hydrogen-bond acceptors (Lipinski definition) is 3. The molecule has 3 rings (SSSR count). The number of amides is 2. The number of imide groups is 1. The van der Waals surface area contributed by atoms with Crippen molar-refractivity contribution in [3.05, 3.63) is 47.5 Å². The molecule has 0 unspecified atom stereocenters. The summed E-state index contributed by atoms with van der Waals surface area (Å²) in [4.78, 5) is 29.4. The van der Waals surface area contributed by atoms with Gasteiger partial charge in [-0.25, -0.2) is 0 Å². The van der Waals surface area contributed by atoms with Crippen molar-refractivity contribution in [3.8, 4) is 0 Å². The van der Waals surface area contributed by atoms with Crippen LogP contribution in [-0.2, 0) is 4.84 Å². The van der Waals surface area contributed by atoms with E-state index in [1.165, 1.54) is 0 Å². The smallest absolute Gasteiger partial charge is 0.266 e. The number of hydrogen-bond donors (Lipinski definition) is 0. The van der Waals surface area contributed by atoms with Crippen LogP contribution in [0.3, 0.4) is 0 Å². The van der Waals surface area contributed by atoms with Crippen LogP contribution in [0, 0.1) is 0 Å². The van der Waals surface area contributed by atoms with Crippen molar-refractivity contribution in [3.63, 3.8) is 0 Å². The molecule has 4 nitrogen and oxygen atoms in total. The zero-order chi connectivity index (χ0) is 11.8. The maximum absolute atomic E-state index is 12.0. The van der Waals surface area contributed by atoms with Crippen LogP contribution in [0.15, 0.2) is 36.4 Å². The van der Waals surface area contributed by atoms with Gasteiger partial charge in [0.2, 0.25) is 0 Å². The Morgan fingerprint density at radius 1 is 1.00 bits per heavy atom. The number of hydroxylamine groups is 2. The first-order valence-electron chi connectivity index (χ1n) is 5.57. The zero-order valence-electron chi connectivity index (χ0n) is 9.13. The van der Waals surface area contributed by atoms with Crippen molar-refractivity contribution in [2.24, 2.45) is 0 Å². The van der Waals surface area contributed by atoms with Crippen LogP contribution < -0.4 is 0 Å². The molecular formula is C13H11NO3. The number of nitrogens with zero attached hydrogens (tertiary/aromatic N) is 1. The zero-order valence-corrected chi connectivity index (χ0v) is 9.13. The molecule has 0 saturated heterocycles. The fourth-order valence-electron chi connectivity index (χ4n) is 2.09. The number of carbonyl (C=O) groups excluding carboxylic acids is 2. The van der Waals surface area contributed by atoms with Gasteiger partial charge < -0.3 is 0 Å². The van der Waals surface area contributed by atoms with Gasteiger partial charge in [-0.15, -0.1) is 5.06 Å².